The van der Waals surface area contributed by atoms with E-state index in [1.165, 1.54) is 11.3 Å². The fourth-order valence-corrected chi connectivity index (χ4v) is 6.12. The van der Waals surface area contributed by atoms with Gasteiger partial charge in [-0.25, -0.2) is 0 Å². The molecule has 1 heterocycles. The molecule has 1 fully saturated rings. The highest BCUT2D eigenvalue weighted by Gasteiger charge is 2.36. The summed E-state index contributed by atoms with van der Waals surface area (Å²) in [4.78, 5) is 56.3. The Balaban J connectivity index is 1.35. The normalized spacial score (nSPS) is 15.8. The first-order valence-electron chi connectivity index (χ1n) is 14.7. The molecule has 1 aliphatic heterocycles. The average molecular weight is 586 g/mol. The first kappa shape index (κ1) is 29.5. The largest absolute Gasteiger partial charge is 0.352 e. The summed E-state index contributed by atoms with van der Waals surface area (Å²) in [5.74, 6) is -1.06. The summed E-state index contributed by atoms with van der Waals surface area (Å²) < 4.78 is 0. The van der Waals surface area contributed by atoms with Crippen LogP contribution in [0.5, 0.6) is 0 Å². The van der Waals surface area contributed by atoms with E-state index in [0.29, 0.717) is 29.0 Å². The van der Waals surface area contributed by atoms with Crippen LogP contribution in [0.2, 0.25) is 5.02 Å². The smallest absolute Gasteiger partial charge is 0.261 e. The molecule has 3 aromatic rings. The van der Waals surface area contributed by atoms with Crippen LogP contribution in [0, 0.1) is 0 Å². The molecular weight excluding hydrogens is 550 g/mol. The Bertz CT molecular complexity index is 1400. The van der Waals surface area contributed by atoms with E-state index in [2.05, 4.69) is 5.32 Å². The molecule has 1 atom stereocenters. The second kappa shape index (κ2) is 13.8. The molecule has 4 amide bonds. The number of nitrogens with one attached hydrogen (secondary N) is 1. The first-order valence-corrected chi connectivity index (χ1v) is 15.1. The lowest BCUT2D eigenvalue weighted by molar-refractivity contribution is -0.141. The van der Waals surface area contributed by atoms with E-state index in [4.69, 9.17) is 11.6 Å². The number of benzene rings is 3. The Kier molecular flexibility index (Phi) is 9.70. The van der Waals surface area contributed by atoms with Gasteiger partial charge in [0.2, 0.25) is 11.8 Å². The van der Waals surface area contributed by atoms with Crippen LogP contribution in [0.15, 0.2) is 78.9 Å². The van der Waals surface area contributed by atoms with Crippen molar-refractivity contribution >= 4 is 35.2 Å². The molecule has 0 bridgehead atoms. The number of carbonyl (C=O) groups is 4. The first-order chi connectivity index (χ1) is 20.4. The Morgan fingerprint density at radius 3 is 2.17 bits per heavy atom. The van der Waals surface area contributed by atoms with Gasteiger partial charge in [-0.15, -0.1) is 0 Å². The summed E-state index contributed by atoms with van der Waals surface area (Å²) in [6.45, 7) is 0.336. The number of hydrogen-bond donors (Lipinski definition) is 1. The lowest BCUT2D eigenvalue weighted by Crippen LogP contribution is -2.52. The molecule has 42 heavy (non-hydrogen) atoms. The topological polar surface area (TPSA) is 86.8 Å². The average Bonchev–Trinajstić information content (AvgIpc) is 3.25. The van der Waals surface area contributed by atoms with Crippen molar-refractivity contribution in [3.05, 3.63) is 106 Å². The van der Waals surface area contributed by atoms with Crippen molar-refractivity contribution in [1.29, 1.82) is 0 Å². The van der Waals surface area contributed by atoms with Crippen LogP contribution in [0.25, 0.3) is 0 Å². The third-order valence-corrected chi connectivity index (χ3v) is 8.35. The van der Waals surface area contributed by atoms with E-state index >= 15 is 0 Å². The predicted octanol–water partition coefficient (Wildman–Crippen LogP) is 5.81. The molecule has 1 aliphatic carbocycles. The number of rotatable bonds is 11. The highest BCUT2D eigenvalue weighted by Crippen LogP contribution is 2.24. The van der Waals surface area contributed by atoms with Crippen molar-refractivity contribution in [2.75, 3.05) is 6.54 Å². The van der Waals surface area contributed by atoms with Crippen LogP contribution in [0.1, 0.15) is 76.8 Å². The Morgan fingerprint density at radius 2 is 1.50 bits per heavy atom. The number of hydrogen-bond acceptors (Lipinski definition) is 4. The van der Waals surface area contributed by atoms with Gasteiger partial charge in [-0.05, 0) is 54.7 Å². The molecule has 0 spiro atoms. The maximum atomic E-state index is 13.9. The van der Waals surface area contributed by atoms with Gasteiger partial charge in [0.05, 0.1) is 11.1 Å². The maximum Gasteiger partial charge on any atom is 0.261 e. The number of amides is 4. The molecule has 7 nitrogen and oxygen atoms in total. The summed E-state index contributed by atoms with van der Waals surface area (Å²) in [6.07, 6.45) is 5.94. The van der Waals surface area contributed by atoms with Gasteiger partial charge in [-0.3, -0.25) is 24.1 Å². The second-order valence-corrected chi connectivity index (χ2v) is 11.5. The van der Waals surface area contributed by atoms with Gasteiger partial charge >= 0.3 is 0 Å². The lowest BCUT2D eigenvalue weighted by atomic mass is 9.94. The van der Waals surface area contributed by atoms with Crippen molar-refractivity contribution in [2.24, 2.45) is 0 Å². The van der Waals surface area contributed by atoms with E-state index in [1.54, 1.807) is 41.3 Å². The molecule has 2 aliphatic rings. The van der Waals surface area contributed by atoms with E-state index < -0.39 is 6.04 Å². The molecule has 0 aromatic heterocycles. The summed E-state index contributed by atoms with van der Waals surface area (Å²) in [7, 11) is 0. The van der Waals surface area contributed by atoms with Crippen molar-refractivity contribution in [2.45, 2.75) is 70.0 Å². The van der Waals surface area contributed by atoms with Gasteiger partial charge in [0.1, 0.15) is 6.04 Å². The van der Waals surface area contributed by atoms with E-state index in [-0.39, 0.29) is 49.2 Å². The fraction of sp³-hybridized carbons (Fsp3) is 0.353. The molecule has 1 N–H and O–H groups in total. The Morgan fingerprint density at radius 1 is 0.857 bits per heavy atom. The zero-order chi connectivity index (χ0) is 29.5. The minimum absolute atomic E-state index is 0.0793. The second-order valence-electron chi connectivity index (χ2n) is 11.1. The minimum atomic E-state index is -0.736. The van der Waals surface area contributed by atoms with Crippen LogP contribution in [0.4, 0.5) is 0 Å². The molecule has 0 unspecified atom stereocenters. The molecule has 3 aromatic carbocycles. The van der Waals surface area contributed by atoms with Gasteiger partial charge in [-0.2, -0.15) is 0 Å². The Labute approximate surface area is 251 Å². The SMILES string of the molecule is O=C(NC1CCCCC1)[C@H](Cc1ccccc1)N(Cc1cccc(Cl)c1)C(=O)CCCN1C(=O)c2ccccc2C1=O. The summed E-state index contributed by atoms with van der Waals surface area (Å²) in [6, 6.07) is 23.1. The zero-order valence-electron chi connectivity index (χ0n) is 23.6. The molecule has 8 heteroatoms. The van der Waals surface area contributed by atoms with Crippen molar-refractivity contribution < 1.29 is 19.2 Å². The standard InChI is InChI=1S/C34H36ClN3O4/c35-26-14-9-13-25(21-26)23-38(31(39)19-10-20-37-33(41)28-17-7-8-18-29(28)34(37)42)30(22-24-11-3-1-4-12-24)32(40)36-27-15-5-2-6-16-27/h1,3-4,7-9,11-14,17-18,21,27,30H,2,5-6,10,15-16,19-20,22-23H2,(H,36,40)/t30-/m0/s1. The maximum absolute atomic E-state index is 13.9. The highest BCUT2D eigenvalue weighted by atomic mass is 35.5. The van der Waals surface area contributed by atoms with Crippen molar-refractivity contribution in [3.8, 4) is 0 Å². The number of halogens is 1. The van der Waals surface area contributed by atoms with Crippen molar-refractivity contribution in [3.63, 3.8) is 0 Å². The minimum Gasteiger partial charge on any atom is -0.352 e. The summed E-state index contributed by atoms with van der Waals surface area (Å²) in [5, 5.41) is 3.79. The summed E-state index contributed by atoms with van der Waals surface area (Å²) >= 11 is 6.28. The number of imide groups is 1. The molecule has 0 saturated heterocycles. The van der Waals surface area contributed by atoms with Crippen molar-refractivity contribution in [1.82, 2.24) is 15.1 Å². The van der Waals surface area contributed by atoms with Gasteiger partial charge in [-0.1, -0.05) is 85.5 Å². The number of carbonyl (C=O) groups excluding carboxylic acids is 4. The van der Waals surface area contributed by atoms with Gasteiger partial charge in [0.15, 0.2) is 0 Å². The molecule has 218 valence electrons. The predicted molar refractivity (Wildman–Crippen MR) is 162 cm³/mol. The van der Waals surface area contributed by atoms with E-state index in [9.17, 15) is 19.2 Å². The van der Waals surface area contributed by atoms with Gasteiger partial charge in [0, 0.05) is 37.0 Å². The molecule has 1 saturated carbocycles. The Hall–Kier alpha value is -3.97. The lowest BCUT2D eigenvalue weighted by Gasteiger charge is -2.33. The number of nitrogens with zero attached hydrogens (tertiary/aromatic N) is 2. The molecule has 5 rings (SSSR count). The monoisotopic (exact) mass is 585 g/mol. The highest BCUT2D eigenvalue weighted by molar-refractivity contribution is 6.30. The van der Waals surface area contributed by atoms with Crippen LogP contribution < -0.4 is 5.32 Å². The number of fused-ring (bicyclic) bond motifs is 1. The van der Waals surface area contributed by atoms with Gasteiger partial charge < -0.3 is 10.2 Å². The third-order valence-electron chi connectivity index (χ3n) is 8.12. The molecular formula is C34H36ClN3O4. The van der Waals surface area contributed by atoms with Crippen LogP contribution in [0.3, 0.4) is 0 Å². The van der Waals surface area contributed by atoms with Crippen LogP contribution >= 0.6 is 11.6 Å². The van der Waals surface area contributed by atoms with E-state index in [0.717, 1.165) is 36.8 Å². The zero-order valence-corrected chi connectivity index (χ0v) is 24.4. The van der Waals surface area contributed by atoms with E-state index in [1.807, 2.05) is 42.5 Å². The summed E-state index contributed by atoms with van der Waals surface area (Å²) in [5.41, 5.74) is 2.55. The van der Waals surface area contributed by atoms with Crippen LogP contribution in [-0.2, 0) is 22.6 Å². The molecule has 0 radical (unpaired) electrons. The fourth-order valence-electron chi connectivity index (χ4n) is 5.90. The third kappa shape index (κ3) is 7.08. The quantitative estimate of drug-likeness (QED) is 0.288. The van der Waals surface area contributed by atoms with Crippen LogP contribution in [-0.4, -0.2) is 52.1 Å². The van der Waals surface area contributed by atoms with Gasteiger partial charge in [0.25, 0.3) is 11.8 Å².